The highest BCUT2D eigenvalue weighted by atomic mass is 16.5. The molecule has 3 fully saturated rings. The van der Waals surface area contributed by atoms with Crippen LogP contribution in [-0.2, 0) is 9.59 Å². The minimum atomic E-state index is -0.910. The first-order valence-corrected chi connectivity index (χ1v) is 11.9. The summed E-state index contributed by atoms with van der Waals surface area (Å²) in [6.07, 6.45) is 4.68. The molecular weight excluding hydrogens is 408 g/mol. The quantitative estimate of drug-likeness (QED) is 0.756. The first-order chi connectivity index (χ1) is 15.5. The number of carbonyl (C=O) groups excluding carboxylic acids is 3. The molecule has 172 valence electrons. The number of carbonyl (C=O) groups is 3. The summed E-state index contributed by atoms with van der Waals surface area (Å²) in [6, 6.07) is 7.10. The Labute approximate surface area is 188 Å². The summed E-state index contributed by atoms with van der Waals surface area (Å²) in [5, 5.41) is 2.99. The van der Waals surface area contributed by atoms with Gasteiger partial charge in [0, 0.05) is 51.5 Å². The molecule has 1 N–H and O–H groups in total. The van der Waals surface area contributed by atoms with E-state index in [-0.39, 0.29) is 24.1 Å². The molecule has 8 nitrogen and oxygen atoms in total. The molecule has 4 aliphatic rings. The number of piperazine rings is 1. The van der Waals surface area contributed by atoms with Crippen LogP contribution in [0, 0.1) is 0 Å². The number of rotatable bonds is 2. The van der Waals surface area contributed by atoms with E-state index in [4.69, 9.17) is 4.74 Å². The maximum atomic E-state index is 13.3. The molecule has 3 saturated heterocycles. The van der Waals surface area contributed by atoms with Gasteiger partial charge >= 0.3 is 0 Å². The lowest BCUT2D eigenvalue weighted by Gasteiger charge is -2.45. The van der Waals surface area contributed by atoms with E-state index in [9.17, 15) is 14.4 Å². The number of para-hydroxylation sites is 1. The summed E-state index contributed by atoms with van der Waals surface area (Å²) in [5.41, 5.74) is -0.400. The van der Waals surface area contributed by atoms with Crippen LogP contribution >= 0.6 is 0 Å². The van der Waals surface area contributed by atoms with E-state index in [1.807, 2.05) is 17.9 Å². The fourth-order valence-electron chi connectivity index (χ4n) is 5.65. The molecule has 0 saturated carbocycles. The number of nitrogens with one attached hydrogen (secondary N) is 1. The highest BCUT2D eigenvalue weighted by Crippen LogP contribution is 2.34. The van der Waals surface area contributed by atoms with Gasteiger partial charge in [-0.15, -0.1) is 0 Å². The predicted octanol–water partition coefficient (Wildman–Crippen LogP) is 1.60. The summed E-state index contributed by atoms with van der Waals surface area (Å²) in [4.78, 5) is 45.1. The third-order valence-electron chi connectivity index (χ3n) is 7.57. The topological polar surface area (TPSA) is 82.2 Å². The summed E-state index contributed by atoms with van der Waals surface area (Å²) < 4.78 is 6.21. The Morgan fingerprint density at radius 2 is 1.97 bits per heavy atom. The van der Waals surface area contributed by atoms with Crippen molar-refractivity contribution in [2.45, 2.75) is 63.3 Å². The Hall–Kier alpha value is -2.61. The Morgan fingerprint density at radius 3 is 2.84 bits per heavy atom. The van der Waals surface area contributed by atoms with E-state index in [2.05, 4.69) is 10.2 Å². The average molecular weight is 441 g/mol. The Morgan fingerprint density at radius 1 is 1.12 bits per heavy atom. The smallest absolute Gasteiger partial charge is 0.258 e. The first-order valence-electron chi connectivity index (χ1n) is 11.9. The fraction of sp³-hybridized carbons (Fsp3) is 0.625. The van der Waals surface area contributed by atoms with Crippen LogP contribution in [-0.4, -0.2) is 83.0 Å². The molecule has 5 rings (SSSR count). The SMILES string of the molecule is CC(C(=O)N1CCN2CCCCC2C1)N1CCC2(CCC1=O)NC(=O)c1ccccc1O2. The van der Waals surface area contributed by atoms with Crippen molar-refractivity contribution >= 4 is 17.7 Å². The van der Waals surface area contributed by atoms with Gasteiger partial charge in [0.05, 0.1) is 5.56 Å². The van der Waals surface area contributed by atoms with Crippen molar-refractivity contribution < 1.29 is 19.1 Å². The number of benzene rings is 1. The van der Waals surface area contributed by atoms with Gasteiger partial charge < -0.3 is 19.9 Å². The Bertz CT molecular complexity index is 921. The van der Waals surface area contributed by atoms with Gasteiger partial charge in [-0.1, -0.05) is 18.6 Å². The highest BCUT2D eigenvalue weighted by molar-refractivity contribution is 5.98. The van der Waals surface area contributed by atoms with Crippen molar-refractivity contribution in [3.63, 3.8) is 0 Å². The van der Waals surface area contributed by atoms with Crippen molar-refractivity contribution in [2.75, 3.05) is 32.7 Å². The van der Waals surface area contributed by atoms with Crippen molar-refractivity contribution in [3.8, 4) is 5.75 Å². The van der Waals surface area contributed by atoms with E-state index in [1.54, 1.807) is 23.1 Å². The van der Waals surface area contributed by atoms with Crippen molar-refractivity contribution in [1.29, 1.82) is 0 Å². The lowest BCUT2D eigenvalue weighted by molar-refractivity contribution is -0.147. The zero-order valence-electron chi connectivity index (χ0n) is 18.7. The molecule has 0 bridgehead atoms. The standard InChI is InChI=1S/C24H32N4O4/c1-17(23(31)27-15-14-26-12-5-4-6-18(26)16-27)28-13-11-24(10-9-21(28)29)25-22(30)19-7-2-3-8-20(19)32-24/h2-3,7-8,17-18H,4-6,9-16H2,1H3,(H,25,30). The summed E-state index contributed by atoms with van der Waals surface area (Å²) in [6.45, 7) is 5.73. The fourth-order valence-corrected chi connectivity index (χ4v) is 5.65. The molecule has 4 heterocycles. The largest absolute Gasteiger partial charge is 0.467 e. The molecule has 0 aromatic heterocycles. The summed E-state index contributed by atoms with van der Waals surface area (Å²) >= 11 is 0. The number of amides is 3. The molecule has 3 amide bonds. The van der Waals surface area contributed by atoms with Gasteiger partial charge in [-0.2, -0.15) is 0 Å². The van der Waals surface area contributed by atoms with E-state index in [0.29, 0.717) is 36.7 Å². The maximum Gasteiger partial charge on any atom is 0.258 e. The van der Waals surface area contributed by atoms with Crippen LogP contribution in [0.3, 0.4) is 0 Å². The number of nitrogens with zero attached hydrogens (tertiary/aromatic N) is 3. The molecule has 8 heteroatoms. The Balaban J connectivity index is 1.27. The monoisotopic (exact) mass is 440 g/mol. The lowest BCUT2D eigenvalue weighted by atomic mass is 9.99. The normalized spacial score (nSPS) is 29.5. The minimum absolute atomic E-state index is 0.0264. The predicted molar refractivity (Wildman–Crippen MR) is 118 cm³/mol. The van der Waals surface area contributed by atoms with Crippen molar-refractivity contribution in [2.24, 2.45) is 0 Å². The number of hydrogen-bond acceptors (Lipinski definition) is 5. The second-order valence-corrected chi connectivity index (χ2v) is 9.53. The summed E-state index contributed by atoms with van der Waals surface area (Å²) in [7, 11) is 0. The third-order valence-corrected chi connectivity index (χ3v) is 7.57. The van der Waals surface area contributed by atoms with Crippen LogP contribution in [0.5, 0.6) is 5.75 Å². The zero-order valence-corrected chi connectivity index (χ0v) is 18.7. The molecule has 3 atom stereocenters. The third kappa shape index (κ3) is 3.85. The molecule has 3 unspecified atom stereocenters. The zero-order chi connectivity index (χ0) is 22.3. The maximum absolute atomic E-state index is 13.3. The average Bonchev–Trinajstić information content (AvgIpc) is 2.96. The van der Waals surface area contributed by atoms with Gasteiger partial charge in [0.1, 0.15) is 11.8 Å². The van der Waals surface area contributed by atoms with Gasteiger partial charge in [-0.05, 0) is 38.4 Å². The minimum Gasteiger partial charge on any atom is -0.467 e. The number of hydrogen-bond donors (Lipinski definition) is 1. The van der Waals surface area contributed by atoms with Crippen molar-refractivity contribution in [3.05, 3.63) is 29.8 Å². The van der Waals surface area contributed by atoms with Crippen LogP contribution in [0.15, 0.2) is 24.3 Å². The second-order valence-electron chi connectivity index (χ2n) is 9.53. The molecule has 32 heavy (non-hydrogen) atoms. The molecule has 0 aliphatic carbocycles. The van der Waals surface area contributed by atoms with E-state index in [1.165, 1.54) is 12.8 Å². The van der Waals surface area contributed by atoms with Crippen LogP contribution in [0.2, 0.25) is 0 Å². The van der Waals surface area contributed by atoms with Gasteiger partial charge in [-0.3, -0.25) is 19.3 Å². The lowest BCUT2D eigenvalue weighted by Crippen LogP contribution is -2.59. The van der Waals surface area contributed by atoms with Gasteiger partial charge in [0.15, 0.2) is 5.72 Å². The van der Waals surface area contributed by atoms with Crippen molar-refractivity contribution in [1.82, 2.24) is 20.0 Å². The summed E-state index contributed by atoms with van der Waals surface area (Å²) in [5.74, 6) is 0.336. The number of fused-ring (bicyclic) bond motifs is 2. The highest BCUT2D eigenvalue weighted by Gasteiger charge is 2.44. The molecule has 4 aliphatic heterocycles. The van der Waals surface area contributed by atoms with E-state index >= 15 is 0 Å². The first kappa shape index (κ1) is 21.2. The van der Waals surface area contributed by atoms with Crippen LogP contribution < -0.4 is 10.1 Å². The van der Waals surface area contributed by atoms with Crippen LogP contribution in [0.25, 0.3) is 0 Å². The molecule has 0 radical (unpaired) electrons. The van der Waals surface area contributed by atoms with Crippen LogP contribution in [0.1, 0.15) is 55.8 Å². The van der Waals surface area contributed by atoms with E-state index in [0.717, 1.165) is 32.6 Å². The van der Waals surface area contributed by atoms with Crippen LogP contribution in [0.4, 0.5) is 0 Å². The molecular formula is C24H32N4O4. The molecule has 1 aromatic rings. The van der Waals surface area contributed by atoms with Gasteiger partial charge in [0.25, 0.3) is 5.91 Å². The molecule has 1 spiro atoms. The van der Waals surface area contributed by atoms with E-state index < -0.39 is 11.8 Å². The number of likely N-dealkylation sites (tertiary alicyclic amines) is 1. The van der Waals surface area contributed by atoms with Gasteiger partial charge in [-0.25, -0.2) is 0 Å². The second kappa shape index (κ2) is 8.39. The Kier molecular flexibility index (Phi) is 5.57. The number of piperidine rings is 1. The van der Waals surface area contributed by atoms with Gasteiger partial charge in [0.2, 0.25) is 11.8 Å². The number of ether oxygens (including phenoxy) is 1. The molecule has 1 aromatic carbocycles.